The molecule has 4 rings (SSSR count). The monoisotopic (exact) mass is 446 g/mol. The Morgan fingerprint density at radius 2 is 1.88 bits per heavy atom. The highest BCUT2D eigenvalue weighted by molar-refractivity contribution is 5.96. The number of amides is 1. The van der Waals surface area contributed by atoms with Crippen LogP contribution in [0.3, 0.4) is 0 Å². The fourth-order valence-corrected chi connectivity index (χ4v) is 3.38. The van der Waals surface area contributed by atoms with Gasteiger partial charge in [-0.3, -0.25) is 9.59 Å². The summed E-state index contributed by atoms with van der Waals surface area (Å²) in [6, 6.07) is 17.5. The molecule has 2 N–H and O–H groups in total. The lowest BCUT2D eigenvalue weighted by Gasteiger charge is -2.12. The van der Waals surface area contributed by atoms with E-state index in [9.17, 15) is 19.5 Å². The molecule has 0 aliphatic heterocycles. The Kier molecular flexibility index (Phi) is 6.26. The number of aromatic hydroxyl groups is 1. The summed E-state index contributed by atoms with van der Waals surface area (Å²) in [6.07, 6.45) is 1.53. The summed E-state index contributed by atoms with van der Waals surface area (Å²) in [5.41, 5.74) is 0.433. The van der Waals surface area contributed by atoms with Gasteiger partial charge in [0, 0.05) is 30.7 Å². The van der Waals surface area contributed by atoms with Crippen molar-refractivity contribution < 1.29 is 19.1 Å². The molecule has 0 unspecified atom stereocenters. The van der Waals surface area contributed by atoms with Gasteiger partial charge in [-0.05, 0) is 36.8 Å². The van der Waals surface area contributed by atoms with E-state index in [1.165, 1.54) is 18.3 Å². The Balaban J connectivity index is 1.46. The van der Waals surface area contributed by atoms with Gasteiger partial charge in [0.05, 0.1) is 5.69 Å². The third kappa shape index (κ3) is 4.95. The molecule has 2 aromatic carbocycles. The fourth-order valence-electron chi connectivity index (χ4n) is 3.38. The number of carbonyl (C=O) groups is 1. The number of benzene rings is 2. The van der Waals surface area contributed by atoms with E-state index in [0.717, 1.165) is 5.56 Å². The first-order valence-electron chi connectivity index (χ1n) is 10.3. The summed E-state index contributed by atoms with van der Waals surface area (Å²) in [6.45, 7) is 2.48. The predicted octanol–water partition coefficient (Wildman–Crippen LogP) is 2.98. The van der Waals surface area contributed by atoms with Gasteiger partial charge >= 0.3 is 5.63 Å². The van der Waals surface area contributed by atoms with E-state index >= 15 is 0 Å². The number of hydrogen-bond donors (Lipinski definition) is 2. The Bertz CT molecular complexity index is 1420. The van der Waals surface area contributed by atoms with Gasteiger partial charge in [-0.1, -0.05) is 30.3 Å². The second kappa shape index (κ2) is 9.44. The van der Waals surface area contributed by atoms with Crippen LogP contribution in [0.4, 0.5) is 0 Å². The van der Waals surface area contributed by atoms with E-state index in [4.69, 9.17) is 9.15 Å². The topological polar surface area (TPSA) is 111 Å². The van der Waals surface area contributed by atoms with Crippen molar-refractivity contribution in [2.75, 3.05) is 6.54 Å². The number of nitrogens with one attached hydrogen (secondary N) is 1. The van der Waals surface area contributed by atoms with Gasteiger partial charge in [0.2, 0.25) is 5.43 Å². The van der Waals surface area contributed by atoms with E-state index in [-0.39, 0.29) is 17.9 Å². The summed E-state index contributed by atoms with van der Waals surface area (Å²) in [5, 5.41) is 13.0. The summed E-state index contributed by atoms with van der Waals surface area (Å²) in [4.78, 5) is 36.4. The molecule has 0 aliphatic carbocycles. The molecule has 0 saturated heterocycles. The highest BCUT2D eigenvalue weighted by Crippen LogP contribution is 2.21. The van der Waals surface area contributed by atoms with Crippen molar-refractivity contribution in [3.05, 3.63) is 104 Å². The molecule has 33 heavy (non-hydrogen) atoms. The minimum absolute atomic E-state index is 0.123. The Morgan fingerprint density at radius 1 is 1.09 bits per heavy atom. The zero-order chi connectivity index (χ0) is 23.4. The number of ether oxygens (including phenoxy) is 1. The Hall–Kier alpha value is -4.33. The van der Waals surface area contributed by atoms with Gasteiger partial charge < -0.3 is 24.1 Å². The molecular formula is C25H22N2O6. The first-order valence-corrected chi connectivity index (χ1v) is 10.3. The SMILES string of the molecule is Cc1c(O)c(=O)ccn1CCNC(=O)c1cc2cc(OCc3ccccc3)ccc2oc1=O. The van der Waals surface area contributed by atoms with Gasteiger partial charge in [0.25, 0.3) is 5.91 Å². The first-order chi connectivity index (χ1) is 15.9. The summed E-state index contributed by atoms with van der Waals surface area (Å²) < 4.78 is 12.7. The van der Waals surface area contributed by atoms with Gasteiger partial charge in [-0.2, -0.15) is 0 Å². The highest BCUT2D eigenvalue weighted by atomic mass is 16.5. The fraction of sp³-hybridized carbons (Fsp3) is 0.160. The minimum Gasteiger partial charge on any atom is -0.503 e. The number of carbonyl (C=O) groups excluding carboxylic acids is 1. The second-order valence-corrected chi connectivity index (χ2v) is 7.48. The Morgan fingerprint density at radius 3 is 2.67 bits per heavy atom. The van der Waals surface area contributed by atoms with Gasteiger partial charge in [-0.15, -0.1) is 0 Å². The van der Waals surface area contributed by atoms with Crippen LogP contribution >= 0.6 is 0 Å². The smallest absolute Gasteiger partial charge is 0.349 e. The first kappa shape index (κ1) is 21.9. The molecular weight excluding hydrogens is 424 g/mol. The molecule has 8 nitrogen and oxygen atoms in total. The second-order valence-electron chi connectivity index (χ2n) is 7.48. The molecule has 0 aliphatic rings. The van der Waals surface area contributed by atoms with Crippen LogP contribution in [-0.2, 0) is 13.2 Å². The molecule has 8 heteroatoms. The molecule has 4 aromatic rings. The van der Waals surface area contributed by atoms with Gasteiger partial charge in [-0.25, -0.2) is 4.79 Å². The Labute approximate surface area is 188 Å². The van der Waals surface area contributed by atoms with Crippen LogP contribution in [0.5, 0.6) is 11.5 Å². The molecule has 0 radical (unpaired) electrons. The van der Waals surface area contributed by atoms with Gasteiger partial charge in [0.15, 0.2) is 5.75 Å². The van der Waals surface area contributed by atoms with Crippen molar-refractivity contribution in [1.82, 2.24) is 9.88 Å². The quantitative estimate of drug-likeness (QED) is 0.422. The van der Waals surface area contributed by atoms with E-state index in [1.807, 2.05) is 30.3 Å². The molecule has 0 saturated carbocycles. The highest BCUT2D eigenvalue weighted by Gasteiger charge is 2.14. The molecule has 0 bridgehead atoms. The maximum atomic E-state index is 12.6. The van der Waals surface area contributed by atoms with E-state index in [1.54, 1.807) is 29.7 Å². The van der Waals surface area contributed by atoms with Crippen molar-refractivity contribution in [3.8, 4) is 11.5 Å². The van der Waals surface area contributed by atoms with Gasteiger partial charge in [0.1, 0.15) is 23.5 Å². The average molecular weight is 446 g/mol. The molecule has 1 amide bonds. The lowest BCUT2D eigenvalue weighted by Crippen LogP contribution is -2.31. The lowest BCUT2D eigenvalue weighted by molar-refractivity contribution is 0.0948. The predicted molar refractivity (Wildman–Crippen MR) is 123 cm³/mol. The zero-order valence-corrected chi connectivity index (χ0v) is 17.9. The third-order valence-corrected chi connectivity index (χ3v) is 5.25. The zero-order valence-electron chi connectivity index (χ0n) is 17.9. The molecule has 0 atom stereocenters. The van der Waals surface area contributed by atoms with Crippen LogP contribution in [0.1, 0.15) is 21.6 Å². The normalized spacial score (nSPS) is 10.8. The van der Waals surface area contributed by atoms with E-state index in [0.29, 0.717) is 35.6 Å². The van der Waals surface area contributed by atoms with Crippen molar-refractivity contribution in [2.24, 2.45) is 0 Å². The lowest BCUT2D eigenvalue weighted by atomic mass is 10.1. The molecule has 168 valence electrons. The maximum Gasteiger partial charge on any atom is 0.349 e. The molecule has 0 spiro atoms. The van der Waals surface area contributed by atoms with Crippen molar-refractivity contribution in [2.45, 2.75) is 20.1 Å². The average Bonchev–Trinajstić information content (AvgIpc) is 2.83. The van der Waals surface area contributed by atoms with Crippen molar-refractivity contribution in [3.63, 3.8) is 0 Å². The van der Waals surface area contributed by atoms with E-state index < -0.39 is 17.0 Å². The van der Waals surface area contributed by atoms with Crippen molar-refractivity contribution in [1.29, 1.82) is 0 Å². The maximum absolute atomic E-state index is 12.6. The summed E-state index contributed by atoms with van der Waals surface area (Å²) in [7, 11) is 0. The number of nitrogens with zero attached hydrogens (tertiary/aromatic N) is 1. The number of pyridine rings is 1. The molecule has 2 aromatic heterocycles. The third-order valence-electron chi connectivity index (χ3n) is 5.25. The number of hydrogen-bond acceptors (Lipinski definition) is 6. The standard InChI is InChI=1S/C25H22N2O6/c1-16-23(29)21(28)9-11-27(16)12-10-26-24(30)20-14-18-13-19(7-8-22(18)33-25(20)31)32-15-17-5-3-2-4-6-17/h2-9,11,13-14,29H,10,12,15H2,1H3,(H,26,30). The van der Waals surface area contributed by atoms with Crippen LogP contribution in [0.2, 0.25) is 0 Å². The van der Waals surface area contributed by atoms with Crippen LogP contribution in [0.25, 0.3) is 11.0 Å². The molecule has 2 heterocycles. The number of fused-ring (bicyclic) bond motifs is 1. The summed E-state index contributed by atoms with van der Waals surface area (Å²) >= 11 is 0. The van der Waals surface area contributed by atoms with Crippen LogP contribution in [0.15, 0.2) is 80.9 Å². The largest absolute Gasteiger partial charge is 0.503 e. The van der Waals surface area contributed by atoms with Crippen molar-refractivity contribution >= 4 is 16.9 Å². The van der Waals surface area contributed by atoms with E-state index in [2.05, 4.69) is 5.32 Å². The van der Waals surface area contributed by atoms with Crippen LogP contribution in [-0.4, -0.2) is 22.1 Å². The minimum atomic E-state index is -0.741. The van der Waals surface area contributed by atoms with Crippen LogP contribution < -0.4 is 21.1 Å². The van der Waals surface area contributed by atoms with Crippen LogP contribution in [0, 0.1) is 6.92 Å². The summed E-state index contributed by atoms with van der Waals surface area (Å²) in [5.74, 6) is -0.325. The number of rotatable bonds is 7. The molecule has 0 fully saturated rings. The number of aromatic nitrogens is 1.